The van der Waals surface area contributed by atoms with Gasteiger partial charge in [0.15, 0.2) is 4.96 Å². The Balaban J connectivity index is 1.82. The molecule has 3 heterocycles. The Morgan fingerprint density at radius 2 is 2.12 bits per heavy atom. The van der Waals surface area contributed by atoms with Gasteiger partial charge in [-0.2, -0.15) is 0 Å². The number of fused-ring (bicyclic) bond motifs is 1. The Morgan fingerprint density at radius 1 is 1.35 bits per heavy atom. The number of aromatic amines is 1. The van der Waals surface area contributed by atoms with E-state index in [1.54, 1.807) is 18.5 Å². The number of aryl methyl sites for hydroxylation is 1. The molecule has 26 heavy (non-hydrogen) atoms. The maximum atomic E-state index is 12.4. The molecule has 0 atom stereocenters. The van der Waals surface area contributed by atoms with Gasteiger partial charge in [-0.25, -0.2) is 14.6 Å². The number of esters is 2. The molecule has 3 aromatic rings. The number of H-pyrrole nitrogens is 1. The Kier molecular flexibility index (Phi) is 4.90. The highest BCUT2D eigenvalue weighted by atomic mass is 32.1. The molecule has 0 unspecified atom stereocenters. The van der Waals surface area contributed by atoms with E-state index >= 15 is 0 Å². The molecule has 3 rings (SSSR count). The Bertz CT molecular complexity index is 1050. The predicted molar refractivity (Wildman–Crippen MR) is 94.7 cm³/mol. The largest absolute Gasteiger partial charge is 0.465 e. The highest BCUT2D eigenvalue weighted by Crippen LogP contribution is 2.21. The van der Waals surface area contributed by atoms with E-state index in [4.69, 9.17) is 9.47 Å². The number of aromatic nitrogens is 3. The number of methoxy groups -OCH3 is 1. The molecule has 0 aliphatic heterocycles. The number of thiazole rings is 1. The van der Waals surface area contributed by atoms with Crippen LogP contribution in [0.4, 0.5) is 0 Å². The van der Waals surface area contributed by atoms with Crippen LogP contribution in [0.5, 0.6) is 0 Å². The lowest BCUT2D eigenvalue weighted by Crippen LogP contribution is -2.15. The maximum Gasteiger partial charge on any atom is 0.355 e. The third-order valence-electron chi connectivity index (χ3n) is 3.98. The van der Waals surface area contributed by atoms with Gasteiger partial charge in [0.2, 0.25) is 0 Å². The van der Waals surface area contributed by atoms with Gasteiger partial charge in [-0.1, -0.05) is 6.92 Å². The minimum absolute atomic E-state index is 0.143. The molecular weight excluding hydrogens is 358 g/mol. The third-order valence-corrected chi connectivity index (χ3v) is 4.74. The molecule has 0 fully saturated rings. The number of nitrogens with zero attached hydrogens (tertiary/aromatic N) is 2. The van der Waals surface area contributed by atoms with Crippen molar-refractivity contribution in [2.75, 3.05) is 7.11 Å². The summed E-state index contributed by atoms with van der Waals surface area (Å²) in [7, 11) is 1.29. The molecule has 0 bridgehead atoms. The molecule has 0 saturated heterocycles. The lowest BCUT2D eigenvalue weighted by molar-refractivity contribution is 0.0460. The molecule has 0 radical (unpaired) electrons. The Morgan fingerprint density at radius 3 is 2.81 bits per heavy atom. The number of rotatable bonds is 5. The lowest BCUT2D eigenvalue weighted by atomic mass is 10.1. The summed E-state index contributed by atoms with van der Waals surface area (Å²) in [6.45, 7) is 3.37. The summed E-state index contributed by atoms with van der Waals surface area (Å²) < 4.78 is 11.5. The van der Waals surface area contributed by atoms with Gasteiger partial charge in [0.1, 0.15) is 12.3 Å². The Hall–Kier alpha value is -2.94. The smallest absolute Gasteiger partial charge is 0.355 e. The zero-order valence-electron chi connectivity index (χ0n) is 14.5. The van der Waals surface area contributed by atoms with Crippen LogP contribution in [0.15, 0.2) is 22.4 Å². The van der Waals surface area contributed by atoms with Gasteiger partial charge < -0.3 is 14.5 Å². The van der Waals surface area contributed by atoms with Crippen molar-refractivity contribution in [3.8, 4) is 0 Å². The maximum absolute atomic E-state index is 12.4. The van der Waals surface area contributed by atoms with E-state index in [9.17, 15) is 14.4 Å². The molecular formula is C17H17N3O5S. The standard InChI is InChI=1S/C17H17N3O5S/c1-4-11-13(15(22)24-3)9(2)14(19-11)16(23)25-8-10-7-12(21)20-5-6-26-17(20)18-10/h5-7,19H,4,8H2,1-3H3. The first kappa shape index (κ1) is 17.9. The van der Waals surface area contributed by atoms with Crippen LogP contribution in [0.2, 0.25) is 0 Å². The molecule has 0 aliphatic rings. The first-order valence-electron chi connectivity index (χ1n) is 7.88. The van der Waals surface area contributed by atoms with Crippen LogP contribution in [0.3, 0.4) is 0 Å². The van der Waals surface area contributed by atoms with Crippen LogP contribution in [-0.2, 0) is 22.5 Å². The minimum Gasteiger partial charge on any atom is -0.465 e. The summed E-state index contributed by atoms with van der Waals surface area (Å²) in [5.74, 6) is -1.13. The fourth-order valence-corrected chi connectivity index (χ4v) is 3.42. The summed E-state index contributed by atoms with van der Waals surface area (Å²) >= 11 is 1.32. The first-order chi connectivity index (χ1) is 12.5. The minimum atomic E-state index is -0.625. The van der Waals surface area contributed by atoms with Gasteiger partial charge in [0.25, 0.3) is 5.56 Å². The van der Waals surface area contributed by atoms with Crippen LogP contribution in [-0.4, -0.2) is 33.4 Å². The quantitative estimate of drug-likeness (QED) is 0.685. The van der Waals surface area contributed by atoms with Crippen molar-refractivity contribution < 1.29 is 19.1 Å². The van der Waals surface area contributed by atoms with Crippen LogP contribution in [0.25, 0.3) is 4.96 Å². The van der Waals surface area contributed by atoms with Crippen molar-refractivity contribution in [2.24, 2.45) is 0 Å². The van der Waals surface area contributed by atoms with Crippen molar-refractivity contribution in [3.63, 3.8) is 0 Å². The van der Waals surface area contributed by atoms with Gasteiger partial charge in [0.05, 0.1) is 18.4 Å². The van der Waals surface area contributed by atoms with Crippen molar-refractivity contribution in [1.82, 2.24) is 14.4 Å². The van der Waals surface area contributed by atoms with E-state index in [1.807, 2.05) is 6.92 Å². The van der Waals surface area contributed by atoms with Crippen LogP contribution in [0.1, 0.15) is 44.7 Å². The fraction of sp³-hybridized carbons (Fsp3) is 0.294. The second-order valence-corrected chi connectivity index (χ2v) is 6.41. The molecule has 1 N–H and O–H groups in total. The average Bonchev–Trinajstić information content (AvgIpc) is 3.23. The van der Waals surface area contributed by atoms with E-state index in [0.717, 1.165) is 0 Å². The number of ether oxygens (including phenoxy) is 2. The second kappa shape index (κ2) is 7.12. The number of carbonyl (C=O) groups is 2. The topological polar surface area (TPSA) is 103 Å². The third kappa shape index (κ3) is 3.13. The van der Waals surface area contributed by atoms with E-state index < -0.39 is 11.9 Å². The summed E-state index contributed by atoms with van der Waals surface area (Å²) in [6.07, 6.45) is 2.17. The molecule has 0 spiro atoms. The second-order valence-electron chi connectivity index (χ2n) is 5.54. The van der Waals surface area contributed by atoms with Crippen molar-refractivity contribution in [2.45, 2.75) is 26.9 Å². The Labute approximate surface area is 152 Å². The normalized spacial score (nSPS) is 10.9. The van der Waals surface area contributed by atoms with Crippen LogP contribution >= 0.6 is 11.3 Å². The molecule has 136 valence electrons. The van der Waals surface area contributed by atoms with Crippen LogP contribution in [0, 0.1) is 6.92 Å². The van der Waals surface area contributed by atoms with E-state index in [0.29, 0.717) is 33.9 Å². The summed E-state index contributed by atoms with van der Waals surface area (Å²) in [5, 5.41) is 1.75. The van der Waals surface area contributed by atoms with Gasteiger partial charge in [-0.15, -0.1) is 11.3 Å². The molecule has 0 aliphatic carbocycles. The fourth-order valence-electron chi connectivity index (χ4n) is 2.68. The number of hydrogen-bond acceptors (Lipinski definition) is 7. The van der Waals surface area contributed by atoms with Gasteiger partial charge in [-0.3, -0.25) is 9.20 Å². The average molecular weight is 375 g/mol. The SMILES string of the molecule is CCc1[nH]c(C(=O)OCc2cc(=O)n3ccsc3n2)c(C)c1C(=O)OC. The molecule has 9 heteroatoms. The molecule has 8 nitrogen and oxygen atoms in total. The summed E-state index contributed by atoms with van der Waals surface area (Å²) in [5.41, 5.74) is 1.74. The number of hydrogen-bond donors (Lipinski definition) is 1. The van der Waals surface area contributed by atoms with Crippen molar-refractivity contribution >= 4 is 28.2 Å². The zero-order chi connectivity index (χ0) is 18.8. The lowest BCUT2D eigenvalue weighted by Gasteiger charge is -2.04. The highest BCUT2D eigenvalue weighted by molar-refractivity contribution is 7.15. The monoisotopic (exact) mass is 375 g/mol. The summed E-state index contributed by atoms with van der Waals surface area (Å²) in [4.78, 5) is 44.0. The van der Waals surface area contributed by atoms with E-state index in [1.165, 1.54) is 28.9 Å². The van der Waals surface area contributed by atoms with Gasteiger partial charge in [-0.05, 0) is 18.9 Å². The van der Waals surface area contributed by atoms with E-state index in [-0.39, 0.29) is 17.9 Å². The van der Waals surface area contributed by atoms with Crippen LogP contribution < -0.4 is 5.56 Å². The van der Waals surface area contributed by atoms with Crippen molar-refractivity contribution in [3.05, 3.63) is 56.2 Å². The number of nitrogens with one attached hydrogen (secondary N) is 1. The van der Waals surface area contributed by atoms with Gasteiger partial charge >= 0.3 is 11.9 Å². The van der Waals surface area contributed by atoms with Gasteiger partial charge in [0, 0.05) is 23.3 Å². The van der Waals surface area contributed by atoms with E-state index in [2.05, 4.69) is 9.97 Å². The summed E-state index contributed by atoms with van der Waals surface area (Å²) in [6, 6.07) is 1.33. The molecule has 0 saturated carbocycles. The molecule has 0 amide bonds. The van der Waals surface area contributed by atoms with Crippen molar-refractivity contribution in [1.29, 1.82) is 0 Å². The first-order valence-corrected chi connectivity index (χ1v) is 8.76. The molecule has 0 aromatic carbocycles. The predicted octanol–water partition coefficient (Wildman–Crippen LogP) is 2.10. The molecule has 3 aromatic heterocycles. The number of carbonyl (C=O) groups excluding carboxylic acids is 2. The highest BCUT2D eigenvalue weighted by Gasteiger charge is 2.24. The zero-order valence-corrected chi connectivity index (χ0v) is 15.3.